The fourth-order valence-electron chi connectivity index (χ4n) is 7.06. The highest BCUT2D eigenvalue weighted by Crippen LogP contribution is 2.42. The van der Waals surface area contributed by atoms with Crippen LogP contribution in [0.3, 0.4) is 0 Å². The minimum Gasteiger partial charge on any atom is -0.392 e. The molecular weight excluding hydrogens is 618 g/mol. The van der Waals surface area contributed by atoms with Gasteiger partial charge in [0.15, 0.2) is 6.29 Å². The Kier molecular flexibility index (Phi) is 9.90. The SMILES string of the molecule is C[C@@H]1[C@H](CN2CCC(n3c(=O)[nH]c4ccccc43)CC2)O[C@H](c2ccc(NC(=O)NCc3ccccc3)cc2)O[C@@H]1c1ccc(CO)cc1. The normalized spacial score (nSPS) is 21.8. The number of aliphatic hydroxyl groups excluding tert-OH is 1. The van der Waals surface area contributed by atoms with Crippen LogP contribution in [0.25, 0.3) is 11.0 Å². The number of para-hydroxylation sites is 2. The van der Waals surface area contributed by atoms with Crippen molar-refractivity contribution in [3.8, 4) is 0 Å². The standard InChI is InChI=1S/C39H43N5O5/c1-26-35(24-43-21-19-32(20-22-43)44-34-10-6-5-9-33(34)42-39(44)47)48-37(49-36(26)29-13-11-28(25-45)12-14-29)30-15-17-31(18-16-30)41-38(46)40-23-27-7-3-2-4-8-27/h2-18,26,32,35-37,45H,19-25H2,1H3,(H,42,47)(H2,40,41,46)/t26-,35+,36+,37+/m1/s1. The quantitative estimate of drug-likeness (QED) is 0.148. The third-order valence-electron chi connectivity index (χ3n) is 9.84. The van der Waals surface area contributed by atoms with Gasteiger partial charge in [-0.15, -0.1) is 0 Å². The van der Waals surface area contributed by atoms with Crippen molar-refractivity contribution in [3.05, 3.63) is 136 Å². The number of aliphatic hydroxyl groups is 1. The molecule has 4 N–H and O–H groups in total. The second kappa shape index (κ2) is 14.8. The van der Waals surface area contributed by atoms with Gasteiger partial charge in [0, 0.05) is 49.4 Å². The third kappa shape index (κ3) is 7.47. The van der Waals surface area contributed by atoms with Gasteiger partial charge in [-0.25, -0.2) is 9.59 Å². The lowest BCUT2D eigenvalue weighted by Gasteiger charge is -2.44. The van der Waals surface area contributed by atoms with Crippen molar-refractivity contribution < 1.29 is 19.4 Å². The summed E-state index contributed by atoms with van der Waals surface area (Å²) in [7, 11) is 0. The number of nitrogens with zero attached hydrogens (tertiary/aromatic N) is 2. The number of ether oxygens (including phenoxy) is 2. The molecule has 5 aromatic rings. The van der Waals surface area contributed by atoms with E-state index in [2.05, 4.69) is 27.4 Å². The van der Waals surface area contributed by atoms with Crippen molar-refractivity contribution in [3.63, 3.8) is 0 Å². The molecule has 2 aliphatic heterocycles. The number of H-pyrrole nitrogens is 1. The third-order valence-corrected chi connectivity index (χ3v) is 9.84. The lowest BCUT2D eigenvalue weighted by molar-refractivity contribution is -0.276. The van der Waals surface area contributed by atoms with E-state index < -0.39 is 6.29 Å². The van der Waals surface area contributed by atoms with E-state index in [1.807, 2.05) is 108 Å². The molecule has 0 saturated carbocycles. The smallest absolute Gasteiger partial charge is 0.326 e. The van der Waals surface area contributed by atoms with Gasteiger partial charge in [0.25, 0.3) is 0 Å². The minimum absolute atomic E-state index is 0.0129. The van der Waals surface area contributed by atoms with E-state index in [1.165, 1.54) is 0 Å². The molecule has 0 spiro atoms. The van der Waals surface area contributed by atoms with Crippen LogP contribution in [0.15, 0.2) is 108 Å². The van der Waals surface area contributed by atoms with E-state index in [-0.39, 0.29) is 42.5 Å². The molecule has 7 rings (SSSR count). The van der Waals surface area contributed by atoms with Crippen molar-refractivity contribution in [2.75, 3.05) is 25.0 Å². The Morgan fingerprint density at radius 1 is 0.857 bits per heavy atom. The van der Waals surface area contributed by atoms with Gasteiger partial charge in [0.2, 0.25) is 0 Å². The zero-order chi connectivity index (χ0) is 33.7. The Bertz CT molecular complexity index is 1900. The van der Waals surface area contributed by atoms with E-state index >= 15 is 0 Å². The maximum absolute atomic E-state index is 12.8. The molecule has 0 radical (unpaired) electrons. The van der Waals surface area contributed by atoms with E-state index in [0.717, 1.165) is 65.8 Å². The summed E-state index contributed by atoms with van der Waals surface area (Å²) in [6.45, 7) is 5.05. The number of carbonyl (C=O) groups excluding carboxylic acids is 1. The van der Waals surface area contributed by atoms with E-state index in [0.29, 0.717) is 12.2 Å². The minimum atomic E-state index is -0.605. The Morgan fingerprint density at radius 2 is 1.55 bits per heavy atom. The van der Waals surface area contributed by atoms with Crippen LogP contribution in [0.5, 0.6) is 0 Å². The first-order valence-corrected chi connectivity index (χ1v) is 17.1. The van der Waals surface area contributed by atoms with Gasteiger partial charge in [-0.05, 0) is 53.8 Å². The summed E-state index contributed by atoms with van der Waals surface area (Å²) in [5.41, 5.74) is 6.23. The average molecular weight is 662 g/mol. The lowest BCUT2D eigenvalue weighted by Crippen LogP contribution is -2.47. The molecule has 0 bridgehead atoms. The van der Waals surface area contributed by atoms with Crippen molar-refractivity contribution in [1.29, 1.82) is 0 Å². The number of likely N-dealkylation sites (tertiary alicyclic amines) is 1. The molecule has 10 nitrogen and oxygen atoms in total. The van der Waals surface area contributed by atoms with E-state index in [4.69, 9.17) is 9.47 Å². The molecule has 49 heavy (non-hydrogen) atoms. The summed E-state index contributed by atoms with van der Waals surface area (Å²) >= 11 is 0. The highest BCUT2D eigenvalue weighted by Gasteiger charge is 2.39. The second-order valence-corrected chi connectivity index (χ2v) is 13.1. The van der Waals surface area contributed by atoms with Crippen LogP contribution >= 0.6 is 0 Å². The van der Waals surface area contributed by atoms with E-state index in [9.17, 15) is 14.7 Å². The predicted molar refractivity (Wildman–Crippen MR) is 189 cm³/mol. The molecule has 10 heteroatoms. The Morgan fingerprint density at radius 3 is 2.29 bits per heavy atom. The van der Waals surface area contributed by atoms with Gasteiger partial charge >= 0.3 is 11.7 Å². The van der Waals surface area contributed by atoms with Crippen LogP contribution < -0.4 is 16.3 Å². The number of amides is 2. The summed E-state index contributed by atoms with van der Waals surface area (Å²) in [5, 5.41) is 15.4. The summed E-state index contributed by atoms with van der Waals surface area (Å²) in [6, 6.07) is 33.0. The number of rotatable bonds is 9. The number of fused-ring (bicyclic) bond motifs is 1. The van der Waals surface area contributed by atoms with Crippen molar-refractivity contribution >= 4 is 22.8 Å². The molecule has 2 aliphatic rings. The summed E-state index contributed by atoms with van der Waals surface area (Å²) in [5.74, 6) is 0.0550. The Hall–Kier alpha value is -4.74. The van der Waals surface area contributed by atoms with Crippen LogP contribution in [0, 0.1) is 5.92 Å². The molecule has 4 aromatic carbocycles. The topological polar surface area (TPSA) is 121 Å². The van der Waals surface area contributed by atoms with Crippen LogP contribution in [-0.4, -0.2) is 51.3 Å². The number of aromatic amines is 1. The summed E-state index contributed by atoms with van der Waals surface area (Å²) < 4.78 is 15.3. The number of imidazole rings is 1. The zero-order valence-corrected chi connectivity index (χ0v) is 27.6. The second-order valence-electron chi connectivity index (χ2n) is 13.1. The fourth-order valence-corrected chi connectivity index (χ4v) is 7.06. The Labute approximate surface area is 285 Å². The van der Waals surface area contributed by atoms with Crippen LogP contribution in [-0.2, 0) is 22.6 Å². The number of nitrogens with one attached hydrogen (secondary N) is 3. The molecule has 254 valence electrons. The maximum Gasteiger partial charge on any atom is 0.326 e. The molecule has 3 heterocycles. The molecule has 0 aliphatic carbocycles. The predicted octanol–water partition coefficient (Wildman–Crippen LogP) is 6.27. The van der Waals surface area contributed by atoms with Crippen LogP contribution in [0.1, 0.15) is 60.5 Å². The van der Waals surface area contributed by atoms with Crippen molar-refractivity contribution in [2.24, 2.45) is 5.92 Å². The number of carbonyl (C=O) groups is 1. The first-order valence-electron chi connectivity index (χ1n) is 17.1. The first kappa shape index (κ1) is 32.8. The highest BCUT2D eigenvalue weighted by molar-refractivity contribution is 5.89. The summed E-state index contributed by atoms with van der Waals surface area (Å²) in [4.78, 5) is 30.8. The van der Waals surface area contributed by atoms with Crippen LogP contribution in [0.2, 0.25) is 0 Å². The summed E-state index contributed by atoms with van der Waals surface area (Å²) in [6.07, 6.45) is 0.812. The molecule has 2 saturated heterocycles. The molecule has 0 unspecified atom stereocenters. The van der Waals surface area contributed by atoms with E-state index in [1.54, 1.807) is 0 Å². The number of aromatic nitrogens is 2. The zero-order valence-electron chi connectivity index (χ0n) is 27.6. The molecule has 4 atom stereocenters. The molecular formula is C39H43N5O5. The number of hydrogen-bond donors (Lipinski definition) is 4. The monoisotopic (exact) mass is 661 g/mol. The first-order chi connectivity index (χ1) is 23.9. The van der Waals surface area contributed by atoms with Gasteiger partial charge in [-0.2, -0.15) is 0 Å². The van der Waals surface area contributed by atoms with Crippen molar-refractivity contribution in [2.45, 2.75) is 57.5 Å². The largest absolute Gasteiger partial charge is 0.392 e. The Balaban J connectivity index is 1.03. The molecule has 1 aromatic heterocycles. The maximum atomic E-state index is 12.8. The van der Waals surface area contributed by atoms with Gasteiger partial charge in [0.05, 0.1) is 29.8 Å². The van der Waals surface area contributed by atoms with Gasteiger partial charge < -0.3 is 35.1 Å². The van der Waals surface area contributed by atoms with Gasteiger partial charge in [-0.1, -0.05) is 85.8 Å². The lowest BCUT2D eigenvalue weighted by atomic mass is 9.89. The fraction of sp³-hybridized carbons (Fsp3) is 0.333. The number of piperidine rings is 1. The average Bonchev–Trinajstić information content (AvgIpc) is 3.48. The number of anilines is 1. The highest BCUT2D eigenvalue weighted by atomic mass is 16.7. The molecule has 2 amide bonds. The number of urea groups is 1. The number of benzene rings is 4. The van der Waals surface area contributed by atoms with Gasteiger partial charge in [-0.3, -0.25) is 4.57 Å². The van der Waals surface area contributed by atoms with Gasteiger partial charge in [0.1, 0.15) is 0 Å². The number of hydrogen-bond acceptors (Lipinski definition) is 6. The molecule has 2 fully saturated rings. The van der Waals surface area contributed by atoms with Crippen LogP contribution in [0.4, 0.5) is 10.5 Å². The van der Waals surface area contributed by atoms with Crippen molar-refractivity contribution in [1.82, 2.24) is 19.8 Å².